The van der Waals surface area contributed by atoms with Crippen LogP contribution < -0.4 is 4.74 Å². The van der Waals surface area contributed by atoms with E-state index in [4.69, 9.17) is 4.74 Å². The molecule has 6 nitrogen and oxygen atoms in total. The second kappa shape index (κ2) is 11.1. The van der Waals surface area contributed by atoms with Crippen LogP contribution in [-0.4, -0.2) is 68.2 Å². The highest BCUT2D eigenvalue weighted by atomic mass is 32.2. The largest absolute Gasteiger partial charge is 0.497 e. The molecule has 0 unspecified atom stereocenters. The summed E-state index contributed by atoms with van der Waals surface area (Å²) in [6, 6.07) is 14.9. The van der Waals surface area contributed by atoms with E-state index < -0.39 is 10.0 Å². The lowest BCUT2D eigenvalue weighted by atomic mass is 9.74. The van der Waals surface area contributed by atoms with E-state index in [2.05, 4.69) is 42.7 Å². The summed E-state index contributed by atoms with van der Waals surface area (Å²) >= 11 is 0. The van der Waals surface area contributed by atoms with Crippen molar-refractivity contribution in [2.45, 2.75) is 56.0 Å². The number of ether oxygens (including phenoxy) is 1. The molecule has 0 radical (unpaired) electrons. The molecular formula is C28H36N2O4S. The molecule has 1 N–H and O–H groups in total. The molecule has 0 aromatic heterocycles. The lowest BCUT2D eigenvalue weighted by Crippen LogP contribution is -2.67. The molecule has 188 valence electrons. The number of aliphatic hydroxyl groups excluding tert-OH is 1. The van der Waals surface area contributed by atoms with Gasteiger partial charge in [-0.15, -0.1) is 0 Å². The summed E-state index contributed by atoms with van der Waals surface area (Å²) in [6.45, 7) is 6.13. The molecule has 0 amide bonds. The molecule has 2 saturated heterocycles. The standard InChI is InChI=1S/C28H36N2O4S/c1-21(2)8-6-9-22-12-14-23(15-13-22)28-26-19-29(16-4-5-17-30(26)27(28)20-31)35(32,33)25-11-7-10-24(18-25)34-3/h7,10-15,18,21,26-28,31H,4-5,8,16-17,19-20H2,1-3H3/t26-,27+,28-/m0/s1. The Hall–Kier alpha value is -2.37. The van der Waals surface area contributed by atoms with Gasteiger partial charge in [-0.25, -0.2) is 8.42 Å². The quantitative estimate of drug-likeness (QED) is 0.618. The molecule has 7 heteroatoms. The summed E-state index contributed by atoms with van der Waals surface area (Å²) in [7, 11) is -2.13. The van der Waals surface area contributed by atoms with Crippen LogP contribution in [0.1, 0.15) is 50.2 Å². The minimum atomic E-state index is -3.66. The van der Waals surface area contributed by atoms with Crippen molar-refractivity contribution in [3.8, 4) is 17.6 Å². The Kier molecular flexibility index (Phi) is 8.18. The van der Waals surface area contributed by atoms with E-state index in [0.29, 0.717) is 24.8 Å². The van der Waals surface area contributed by atoms with E-state index in [9.17, 15) is 13.5 Å². The average Bonchev–Trinajstić information content (AvgIpc) is 2.83. The van der Waals surface area contributed by atoms with Crippen molar-refractivity contribution in [1.82, 2.24) is 9.21 Å². The molecule has 2 aliphatic heterocycles. The minimum absolute atomic E-state index is 0.00246. The highest BCUT2D eigenvalue weighted by Gasteiger charge is 2.50. The van der Waals surface area contributed by atoms with Crippen LogP contribution >= 0.6 is 0 Å². The predicted molar refractivity (Wildman–Crippen MR) is 138 cm³/mol. The Morgan fingerprint density at radius 2 is 1.86 bits per heavy atom. The molecule has 0 aliphatic carbocycles. The fourth-order valence-corrected chi connectivity index (χ4v) is 6.72. The summed E-state index contributed by atoms with van der Waals surface area (Å²) in [4.78, 5) is 2.54. The molecule has 0 bridgehead atoms. The number of rotatable bonds is 6. The van der Waals surface area contributed by atoms with Gasteiger partial charge in [0.2, 0.25) is 10.0 Å². The number of hydrogen-bond acceptors (Lipinski definition) is 5. The first-order valence-corrected chi connectivity index (χ1v) is 13.9. The minimum Gasteiger partial charge on any atom is -0.497 e. The molecule has 2 heterocycles. The Morgan fingerprint density at radius 1 is 1.11 bits per heavy atom. The fourth-order valence-electron chi connectivity index (χ4n) is 5.18. The summed E-state index contributed by atoms with van der Waals surface area (Å²) in [5, 5.41) is 10.2. The zero-order valence-corrected chi connectivity index (χ0v) is 21.7. The molecule has 2 aromatic carbocycles. The number of hydrogen-bond donors (Lipinski definition) is 1. The molecule has 2 aromatic rings. The molecule has 0 spiro atoms. The lowest BCUT2D eigenvalue weighted by molar-refractivity contribution is -0.0553. The number of benzene rings is 2. The fraction of sp³-hybridized carbons (Fsp3) is 0.500. The third-order valence-electron chi connectivity index (χ3n) is 7.05. The van der Waals surface area contributed by atoms with Gasteiger partial charge >= 0.3 is 0 Å². The van der Waals surface area contributed by atoms with Gasteiger partial charge in [-0.2, -0.15) is 4.31 Å². The van der Waals surface area contributed by atoms with Crippen LogP contribution in [0.25, 0.3) is 0 Å². The van der Waals surface area contributed by atoms with E-state index in [1.165, 1.54) is 7.11 Å². The van der Waals surface area contributed by atoms with Crippen LogP contribution in [0.3, 0.4) is 0 Å². The second-order valence-corrected chi connectivity index (χ2v) is 11.8. The van der Waals surface area contributed by atoms with E-state index in [1.54, 1.807) is 28.6 Å². The SMILES string of the molecule is COc1cccc(S(=O)(=O)N2CCCCN3[C@H](CO)[C@@H](c4ccc(C#CCC(C)C)cc4)[C@@H]3C2)c1. The van der Waals surface area contributed by atoms with Gasteiger partial charge in [0, 0.05) is 49.1 Å². The maximum absolute atomic E-state index is 13.6. The molecule has 3 atom stereocenters. The Balaban J connectivity index is 1.58. The van der Waals surface area contributed by atoms with Gasteiger partial charge in [0.05, 0.1) is 18.6 Å². The second-order valence-electron chi connectivity index (χ2n) is 9.85. The Labute approximate surface area is 210 Å². The highest BCUT2D eigenvalue weighted by Crippen LogP contribution is 2.42. The molecular weight excluding hydrogens is 460 g/mol. The highest BCUT2D eigenvalue weighted by molar-refractivity contribution is 7.89. The monoisotopic (exact) mass is 496 g/mol. The van der Waals surface area contributed by atoms with Crippen LogP contribution in [-0.2, 0) is 10.0 Å². The number of aliphatic hydroxyl groups is 1. The first-order chi connectivity index (χ1) is 16.8. The maximum atomic E-state index is 13.6. The van der Waals surface area contributed by atoms with Crippen molar-refractivity contribution in [3.05, 3.63) is 59.7 Å². The number of fused-ring (bicyclic) bond motifs is 1. The topological polar surface area (TPSA) is 70.1 Å². The van der Waals surface area contributed by atoms with Crippen LogP contribution in [0.4, 0.5) is 0 Å². The van der Waals surface area contributed by atoms with Crippen LogP contribution in [0.2, 0.25) is 0 Å². The zero-order chi connectivity index (χ0) is 25.0. The van der Waals surface area contributed by atoms with E-state index in [-0.39, 0.29) is 29.5 Å². The zero-order valence-electron chi connectivity index (χ0n) is 20.9. The van der Waals surface area contributed by atoms with E-state index >= 15 is 0 Å². The van der Waals surface area contributed by atoms with Gasteiger partial charge in [-0.05, 0) is 55.1 Å². The molecule has 2 aliphatic rings. The summed E-state index contributed by atoms with van der Waals surface area (Å²) in [5.74, 6) is 7.59. The predicted octanol–water partition coefficient (Wildman–Crippen LogP) is 3.71. The van der Waals surface area contributed by atoms with Crippen LogP contribution in [0, 0.1) is 17.8 Å². The maximum Gasteiger partial charge on any atom is 0.243 e. The molecule has 0 saturated carbocycles. The average molecular weight is 497 g/mol. The van der Waals surface area contributed by atoms with Gasteiger partial charge in [0.1, 0.15) is 5.75 Å². The van der Waals surface area contributed by atoms with E-state index in [1.807, 2.05) is 12.1 Å². The van der Waals surface area contributed by atoms with Crippen molar-refractivity contribution < 1.29 is 18.3 Å². The Bertz CT molecular complexity index is 1170. The summed E-state index contributed by atoms with van der Waals surface area (Å²) in [5.41, 5.74) is 2.10. The Morgan fingerprint density at radius 3 is 2.54 bits per heavy atom. The number of nitrogens with zero attached hydrogens (tertiary/aromatic N) is 2. The normalized spacial score (nSPS) is 23.4. The van der Waals surface area contributed by atoms with Crippen molar-refractivity contribution in [3.63, 3.8) is 0 Å². The van der Waals surface area contributed by atoms with Crippen molar-refractivity contribution >= 4 is 10.0 Å². The molecule has 4 rings (SSSR count). The van der Waals surface area contributed by atoms with Gasteiger partial charge in [0.25, 0.3) is 0 Å². The van der Waals surface area contributed by atoms with E-state index in [0.717, 1.165) is 36.9 Å². The van der Waals surface area contributed by atoms with Gasteiger partial charge < -0.3 is 9.84 Å². The third-order valence-corrected chi connectivity index (χ3v) is 8.91. The van der Waals surface area contributed by atoms with Gasteiger partial charge in [-0.1, -0.05) is 43.9 Å². The van der Waals surface area contributed by atoms with Crippen molar-refractivity contribution in [2.75, 3.05) is 33.4 Å². The molecule has 2 fully saturated rings. The first-order valence-electron chi connectivity index (χ1n) is 12.4. The van der Waals surface area contributed by atoms with Gasteiger partial charge in [0.15, 0.2) is 0 Å². The summed E-state index contributed by atoms with van der Waals surface area (Å²) < 4.78 is 34.0. The number of sulfonamides is 1. The lowest BCUT2D eigenvalue weighted by Gasteiger charge is -2.57. The smallest absolute Gasteiger partial charge is 0.243 e. The van der Waals surface area contributed by atoms with Crippen molar-refractivity contribution in [1.29, 1.82) is 0 Å². The third kappa shape index (κ3) is 5.57. The van der Waals surface area contributed by atoms with Crippen LogP contribution in [0.15, 0.2) is 53.4 Å². The number of methoxy groups -OCH3 is 1. The molecule has 35 heavy (non-hydrogen) atoms. The summed E-state index contributed by atoms with van der Waals surface area (Å²) in [6.07, 6.45) is 2.55. The van der Waals surface area contributed by atoms with Crippen molar-refractivity contribution in [2.24, 2.45) is 5.92 Å². The van der Waals surface area contributed by atoms with Crippen LogP contribution in [0.5, 0.6) is 5.75 Å². The van der Waals surface area contributed by atoms with Gasteiger partial charge in [-0.3, -0.25) is 4.90 Å². The first kappa shape index (κ1) is 25.7.